The minimum absolute atomic E-state index is 0.00352. The Kier molecular flexibility index (Phi) is 10.4. The van der Waals surface area contributed by atoms with Crippen molar-refractivity contribution in [3.05, 3.63) is 163 Å². The molecule has 5 aromatic carbocycles. The number of nitrogens with zero attached hydrogens (tertiary/aromatic N) is 2. The molecular formula is C38H31AlN2O3Si. The van der Waals surface area contributed by atoms with Crippen molar-refractivity contribution < 1.29 is 13.7 Å². The van der Waals surface area contributed by atoms with Crippen LogP contribution in [0.25, 0.3) is 21.8 Å². The normalized spacial score (nSPS) is 10.8. The van der Waals surface area contributed by atoms with Crippen LogP contribution in [-0.2, 0) is 3.48 Å². The van der Waals surface area contributed by atoms with E-state index in [4.69, 9.17) is 3.48 Å². The van der Waals surface area contributed by atoms with Crippen molar-refractivity contribution >= 4 is 62.3 Å². The standard InChI is InChI=1S/C18H15OSi.2C10H9NO.Al/c19-20(16-10-4-1-5-11-16,17-12-6-2-7-13-17)18-14-8-3-9-15-18;2*1-7-5-6-8-3-2-4-9(12)10(8)11-7;/h1-15H;2*2-6,12H,1H3;/q-1;;;+3/p-2. The summed E-state index contributed by atoms with van der Waals surface area (Å²) in [5.41, 5.74) is 2.90. The second kappa shape index (κ2) is 14.8. The van der Waals surface area contributed by atoms with Crippen molar-refractivity contribution in [2.75, 3.05) is 0 Å². The van der Waals surface area contributed by atoms with Gasteiger partial charge in [-0.1, -0.05) is 60.0 Å². The number of benzene rings is 5. The van der Waals surface area contributed by atoms with E-state index in [0.29, 0.717) is 11.0 Å². The third-order valence-electron chi connectivity index (χ3n) is 7.36. The molecule has 7 aromatic rings. The van der Waals surface area contributed by atoms with Gasteiger partial charge in [0, 0.05) is 11.4 Å². The molecule has 2 aromatic heterocycles. The van der Waals surface area contributed by atoms with Crippen LogP contribution in [-0.4, -0.2) is 34.9 Å². The number of rotatable bonds is 4. The molecule has 0 saturated heterocycles. The van der Waals surface area contributed by atoms with Gasteiger partial charge in [0.15, 0.2) is 0 Å². The summed E-state index contributed by atoms with van der Waals surface area (Å²) in [6.45, 7) is 3.76. The Morgan fingerprint density at radius 2 is 0.822 bits per heavy atom. The average Bonchev–Trinajstić information content (AvgIpc) is 3.08. The molecule has 0 spiro atoms. The van der Waals surface area contributed by atoms with Gasteiger partial charge in [-0.2, -0.15) is 0 Å². The molecule has 0 saturated carbocycles. The minimum atomic E-state index is -2.43. The van der Waals surface area contributed by atoms with Crippen LogP contribution in [0.3, 0.4) is 0 Å². The molecule has 7 heteroatoms. The molecule has 0 bridgehead atoms. The molecule has 0 aliphatic heterocycles. The first-order chi connectivity index (χ1) is 21.9. The maximum atomic E-state index is 11.3. The zero-order chi connectivity index (χ0) is 31.6. The van der Waals surface area contributed by atoms with Crippen molar-refractivity contribution in [1.29, 1.82) is 0 Å². The molecule has 0 aliphatic rings. The average molecular weight is 619 g/mol. The second-order valence-corrected chi connectivity index (χ2v) is 14.5. The number of aromatic nitrogens is 2. The van der Waals surface area contributed by atoms with E-state index in [0.717, 1.165) is 22.2 Å². The van der Waals surface area contributed by atoms with Gasteiger partial charge in [0.1, 0.15) is 0 Å². The van der Waals surface area contributed by atoms with Gasteiger partial charge in [0.05, 0.1) is 11.0 Å². The Hall–Kier alpha value is -4.77. The van der Waals surface area contributed by atoms with Crippen LogP contribution in [0, 0.1) is 13.8 Å². The Morgan fingerprint density at radius 3 is 1.16 bits per heavy atom. The summed E-state index contributed by atoms with van der Waals surface area (Å²) in [5.74, 6) is -0.00704. The molecule has 0 N–H and O–H groups in total. The number of hydrogen-bond donors (Lipinski definition) is 0. The van der Waals surface area contributed by atoms with Crippen LogP contribution >= 0.6 is 0 Å². The summed E-state index contributed by atoms with van der Waals surface area (Å²) in [6.07, 6.45) is 0. The van der Waals surface area contributed by atoms with Crippen molar-refractivity contribution in [3.63, 3.8) is 0 Å². The first-order valence-electron chi connectivity index (χ1n) is 14.5. The fraction of sp³-hybridized carbons (Fsp3) is 0.0526. The Balaban J connectivity index is 0.000000143. The van der Waals surface area contributed by atoms with Gasteiger partial charge >= 0.3 is 135 Å². The first kappa shape index (κ1) is 31.6. The summed E-state index contributed by atoms with van der Waals surface area (Å²) in [7, 11) is -2.43. The molecule has 0 atom stereocenters. The van der Waals surface area contributed by atoms with Crippen LogP contribution in [0.15, 0.2) is 152 Å². The molecular weight excluding hydrogens is 587 g/mol. The number of hydrogen-bond acceptors (Lipinski definition) is 5. The molecule has 0 amide bonds. The van der Waals surface area contributed by atoms with Gasteiger partial charge in [-0.25, -0.2) is 0 Å². The van der Waals surface area contributed by atoms with E-state index in [2.05, 4.69) is 99.4 Å². The van der Waals surface area contributed by atoms with Crippen molar-refractivity contribution in [1.82, 2.24) is 9.97 Å². The van der Waals surface area contributed by atoms with Crippen molar-refractivity contribution in [2.45, 2.75) is 13.8 Å². The molecule has 7 rings (SSSR count). The molecule has 45 heavy (non-hydrogen) atoms. The predicted octanol–water partition coefficient (Wildman–Crippen LogP) is 4.99. The van der Waals surface area contributed by atoms with Gasteiger partial charge < -0.3 is 10.2 Å². The van der Waals surface area contributed by atoms with Crippen molar-refractivity contribution in [2.24, 2.45) is 0 Å². The fourth-order valence-corrected chi connectivity index (χ4v) is 9.78. The summed E-state index contributed by atoms with van der Waals surface area (Å²) >= 11 is 2.50. The Morgan fingerprint density at radius 1 is 0.467 bits per heavy atom. The van der Waals surface area contributed by atoms with Crippen LogP contribution in [0.5, 0.6) is 11.5 Å². The number of pyridine rings is 2. The molecule has 0 radical (unpaired) electrons. The number of fused-ring (bicyclic) bond motifs is 2. The van der Waals surface area contributed by atoms with E-state index >= 15 is 0 Å². The third kappa shape index (κ3) is 7.31. The monoisotopic (exact) mass is 618 g/mol. The molecule has 5 nitrogen and oxygen atoms in total. The van der Waals surface area contributed by atoms with E-state index in [-0.39, 0.29) is 11.5 Å². The Labute approximate surface area is 273 Å². The zero-order valence-corrected chi connectivity index (χ0v) is 27.3. The SMILES string of the molecule is Cc1ccc2cccc([O-])c2n1.Cc1ccc2cccc([O-])c2n1.[Al+2][O][Si](c1ccccc1)(c1ccccc1)c1ccccc1. The zero-order valence-electron chi connectivity index (χ0n) is 25.1. The van der Waals surface area contributed by atoms with Gasteiger partial charge in [-0.15, -0.1) is 0 Å². The van der Waals surface area contributed by atoms with E-state index in [1.54, 1.807) is 12.1 Å². The van der Waals surface area contributed by atoms with Gasteiger partial charge in [0.2, 0.25) is 0 Å². The fourth-order valence-electron chi connectivity index (χ4n) is 5.16. The predicted molar refractivity (Wildman–Crippen MR) is 183 cm³/mol. The van der Waals surface area contributed by atoms with E-state index in [1.807, 2.05) is 68.4 Å². The van der Waals surface area contributed by atoms with Gasteiger partial charge in [-0.05, 0) is 36.8 Å². The van der Waals surface area contributed by atoms with E-state index in [9.17, 15) is 10.2 Å². The number of para-hydroxylation sites is 2. The van der Waals surface area contributed by atoms with E-state index in [1.165, 1.54) is 27.7 Å². The van der Waals surface area contributed by atoms with Crippen LogP contribution < -0.4 is 25.8 Å². The third-order valence-corrected chi connectivity index (χ3v) is 12.2. The topological polar surface area (TPSA) is 81.1 Å². The van der Waals surface area contributed by atoms with Gasteiger partial charge in [0.25, 0.3) is 0 Å². The summed E-state index contributed by atoms with van der Waals surface area (Å²) < 4.78 is 6.15. The molecule has 218 valence electrons. The van der Waals surface area contributed by atoms with Gasteiger partial charge in [-0.3, -0.25) is 9.97 Å². The molecule has 0 unspecified atom stereocenters. The first-order valence-corrected chi connectivity index (χ1v) is 16.9. The second-order valence-electron chi connectivity index (χ2n) is 10.5. The molecule has 0 fully saturated rings. The summed E-state index contributed by atoms with van der Waals surface area (Å²) in [5, 5.41) is 28.1. The summed E-state index contributed by atoms with van der Waals surface area (Å²) in [6, 6.07) is 49.6. The molecule has 0 aliphatic carbocycles. The van der Waals surface area contributed by atoms with Crippen molar-refractivity contribution in [3.8, 4) is 11.5 Å². The van der Waals surface area contributed by atoms with E-state index < -0.39 is 8.32 Å². The van der Waals surface area contributed by atoms with Crippen LogP contribution in [0.1, 0.15) is 11.4 Å². The van der Waals surface area contributed by atoms with Crippen LogP contribution in [0.4, 0.5) is 0 Å². The summed E-state index contributed by atoms with van der Waals surface area (Å²) in [4.78, 5) is 8.33. The molecule has 2 heterocycles. The quantitative estimate of drug-likeness (QED) is 0.205. The van der Waals surface area contributed by atoms with Crippen LogP contribution in [0.2, 0.25) is 0 Å². The Bertz CT molecular complexity index is 1810. The number of aryl methyl sites for hydroxylation is 2. The maximum absolute atomic E-state index is 11.3.